The van der Waals surface area contributed by atoms with Crippen molar-refractivity contribution in [3.8, 4) is 0 Å². The van der Waals surface area contributed by atoms with Crippen molar-refractivity contribution in [2.24, 2.45) is 0 Å². The van der Waals surface area contributed by atoms with E-state index in [2.05, 4.69) is 41.5 Å². The molecule has 3 heterocycles. The largest absolute Gasteiger partial charge is 0.354 e. The predicted molar refractivity (Wildman–Crippen MR) is 375 cm³/mol. The summed E-state index contributed by atoms with van der Waals surface area (Å²) < 4.78 is 0. The van der Waals surface area contributed by atoms with Crippen LogP contribution in [0.5, 0.6) is 0 Å². The molecular formula is C76H94N8O6. The fourth-order valence-electron chi connectivity index (χ4n) is 9.90. The first-order valence-corrected chi connectivity index (χ1v) is 30.3. The van der Waals surface area contributed by atoms with Crippen molar-refractivity contribution in [3.63, 3.8) is 0 Å². The molecule has 0 saturated heterocycles. The maximum atomic E-state index is 13.0. The first-order chi connectivity index (χ1) is 41.9. The molecule has 3 aromatic heterocycles. The fourth-order valence-corrected chi connectivity index (χ4v) is 9.90. The van der Waals surface area contributed by atoms with Crippen LogP contribution in [0.4, 0.5) is 34.1 Å². The van der Waals surface area contributed by atoms with Crippen LogP contribution in [0, 0.1) is 0 Å². The molecule has 0 fully saturated rings. The van der Waals surface area contributed by atoms with E-state index in [4.69, 9.17) is 0 Å². The molecule has 0 spiro atoms. The van der Waals surface area contributed by atoms with Gasteiger partial charge in [-0.05, 0) is 150 Å². The van der Waals surface area contributed by atoms with Crippen molar-refractivity contribution in [3.05, 3.63) is 198 Å². The Morgan fingerprint density at radius 3 is 1.03 bits per heavy atom. The summed E-state index contributed by atoms with van der Waals surface area (Å²) in [4.78, 5) is 88.4. The van der Waals surface area contributed by atoms with Gasteiger partial charge in [0.1, 0.15) is 17.3 Å². The summed E-state index contributed by atoms with van der Waals surface area (Å²) in [6.45, 7) is 17.7. The summed E-state index contributed by atoms with van der Waals surface area (Å²) in [5.74, 6) is 0.353. The monoisotopic (exact) mass is 1210 g/mol. The zero-order chi connectivity index (χ0) is 62.5. The lowest BCUT2D eigenvalue weighted by Gasteiger charge is -2.22. The molecule has 9 rings (SSSR count). The van der Waals surface area contributed by atoms with E-state index in [-0.39, 0.29) is 68.8 Å². The second kappa shape index (κ2) is 35.5. The number of aromatic nitrogens is 3. The number of rotatable bonds is 24. The second-order valence-corrected chi connectivity index (χ2v) is 23.1. The van der Waals surface area contributed by atoms with E-state index in [9.17, 15) is 28.8 Å². The number of pyridine rings is 3. The molecule has 14 heteroatoms. The molecule has 474 valence electrons. The van der Waals surface area contributed by atoms with Gasteiger partial charge < -0.3 is 26.6 Å². The number of anilines is 6. The fraction of sp³-hybridized carbons (Fsp3) is 0.329. The van der Waals surface area contributed by atoms with Crippen LogP contribution >= 0.6 is 0 Å². The highest BCUT2D eigenvalue weighted by Crippen LogP contribution is 2.34. The van der Waals surface area contributed by atoms with Crippen molar-refractivity contribution in [2.75, 3.05) is 16.0 Å². The SMILES string of the molecule is C.C.C.CCCC(=O)Cc1ccc2ncc(C(=O)CCC)c(Nc3ccccc3)c2c1.CCCC(=O)Cc1ccc2ncc(C(=O)NC(C)(C)C)c(Nc3ccccc3)c2c1.CCCC(=O)Cc1ccc2ncc(C(=O)NC(C)C)c(Nc3ccccc3)c2c1. The first kappa shape index (κ1) is 73.0. The normalized spacial score (nSPS) is 10.6. The van der Waals surface area contributed by atoms with Crippen molar-refractivity contribution in [1.82, 2.24) is 25.6 Å². The lowest BCUT2D eigenvalue weighted by molar-refractivity contribution is -0.119. The number of fused-ring (bicyclic) bond motifs is 3. The smallest absolute Gasteiger partial charge is 0.255 e. The third-order valence-electron chi connectivity index (χ3n) is 13.9. The molecule has 0 atom stereocenters. The standard InChI is InChI=1S/C25H29N3O2.C24H27N3O2.C24H26N2O2.3CH4/c1-5-9-19(29)14-17-12-13-22-20(15-17)23(27-18-10-7-6-8-11-18)21(16-26-22)24(30)28-25(2,3)4;1-4-8-19(28)13-17-11-12-22-20(14-17)23(27-18-9-6-5-7-10-18)21(15-25-22)24(29)26-16(2)3;1-3-8-19(27)14-17-12-13-22-20(15-17)24(26-18-10-6-5-7-11-18)21(16-25-22)23(28)9-4-2;;;/h6-8,10-13,15-16H,5,9,14H2,1-4H3,(H,26,27)(H,28,30);5-7,9-12,14-16H,4,8,13H2,1-3H3,(H,25,27)(H,26,29);5-7,10-13,15-16H,3-4,8-9,14H2,1-2H3,(H,25,26);3*1H4. The van der Waals surface area contributed by atoms with Gasteiger partial charge in [-0.1, -0.05) is 123 Å². The van der Waals surface area contributed by atoms with Crippen LogP contribution < -0.4 is 26.6 Å². The number of carbonyl (C=O) groups is 6. The minimum atomic E-state index is -0.371. The second-order valence-electron chi connectivity index (χ2n) is 23.1. The van der Waals surface area contributed by atoms with Crippen molar-refractivity contribution in [1.29, 1.82) is 0 Å². The first-order valence-electron chi connectivity index (χ1n) is 30.3. The molecule has 5 N–H and O–H groups in total. The number of Topliss-reactive ketones (excluding diaryl/α,β-unsaturated/α-hetero) is 4. The molecule has 0 bridgehead atoms. The van der Waals surface area contributed by atoms with Crippen LogP contribution in [-0.2, 0) is 33.6 Å². The van der Waals surface area contributed by atoms with Crippen molar-refractivity contribution < 1.29 is 28.8 Å². The maximum absolute atomic E-state index is 13.0. The molecule has 6 aromatic carbocycles. The Bertz CT molecular complexity index is 3840. The lowest BCUT2D eigenvalue weighted by Crippen LogP contribution is -2.40. The maximum Gasteiger partial charge on any atom is 0.255 e. The summed E-state index contributed by atoms with van der Waals surface area (Å²) >= 11 is 0. The Kier molecular flexibility index (Phi) is 28.8. The highest BCUT2D eigenvalue weighted by molar-refractivity contribution is 6.11. The highest BCUT2D eigenvalue weighted by Gasteiger charge is 2.23. The van der Waals surface area contributed by atoms with Crippen LogP contribution in [0.25, 0.3) is 32.7 Å². The van der Waals surface area contributed by atoms with Gasteiger partial charge in [0.2, 0.25) is 0 Å². The molecule has 0 saturated carbocycles. The number of para-hydroxylation sites is 3. The third kappa shape index (κ3) is 21.1. The number of hydrogen-bond acceptors (Lipinski definition) is 12. The minimum Gasteiger partial charge on any atom is -0.354 e. The number of ketones is 4. The van der Waals surface area contributed by atoms with Gasteiger partial charge in [0.05, 0.1) is 50.3 Å². The van der Waals surface area contributed by atoms with Gasteiger partial charge in [0.15, 0.2) is 5.78 Å². The molecule has 0 aliphatic carbocycles. The number of nitrogens with one attached hydrogen (secondary N) is 5. The Hall–Kier alpha value is -9.43. The van der Waals surface area contributed by atoms with Gasteiger partial charge in [-0.3, -0.25) is 43.7 Å². The number of hydrogen-bond donors (Lipinski definition) is 5. The molecule has 9 aromatic rings. The lowest BCUT2D eigenvalue weighted by atomic mass is 9.99. The highest BCUT2D eigenvalue weighted by atomic mass is 16.2. The number of carbonyl (C=O) groups excluding carboxylic acids is 6. The Balaban J connectivity index is 0.000000284. The van der Waals surface area contributed by atoms with Gasteiger partial charge in [-0.2, -0.15) is 0 Å². The topological polar surface area (TPSA) is 201 Å². The zero-order valence-electron chi connectivity index (χ0n) is 51.7. The molecule has 0 aliphatic rings. The number of nitrogens with zero attached hydrogens (tertiary/aromatic N) is 3. The minimum absolute atomic E-state index is 0. The van der Waals surface area contributed by atoms with E-state index in [1.165, 1.54) is 0 Å². The van der Waals surface area contributed by atoms with Gasteiger partial charge in [-0.25, -0.2) is 0 Å². The van der Waals surface area contributed by atoms with E-state index in [0.717, 1.165) is 97.8 Å². The molecule has 2 amide bonds. The van der Waals surface area contributed by atoms with Gasteiger partial charge in [-0.15, -0.1) is 0 Å². The number of benzene rings is 6. The van der Waals surface area contributed by atoms with E-state index >= 15 is 0 Å². The van der Waals surface area contributed by atoms with Gasteiger partial charge >= 0.3 is 0 Å². The quantitative estimate of drug-likeness (QED) is 0.0359. The Labute approximate surface area is 533 Å². The summed E-state index contributed by atoms with van der Waals surface area (Å²) in [7, 11) is 0. The van der Waals surface area contributed by atoms with Crippen LogP contribution in [-0.4, -0.2) is 61.5 Å². The molecule has 0 aliphatic heterocycles. The van der Waals surface area contributed by atoms with Crippen LogP contribution in [0.15, 0.2) is 164 Å². The summed E-state index contributed by atoms with van der Waals surface area (Å²) in [6, 6.07) is 46.7. The van der Waals surface area contributed by atoms with E-state index in [1.807, 2.05) is 208 Å². The van der Waals surface area contributed by atoms with Crippen LogP contribution in [0.1, 0.15) is 184 Å². The van der Waals surface area contributed by atoms with E-state index in [1.54, 1.807) is 18.6 Å². The summed E-state index contributed by atoms with van der Waals surface area (Å²) in [6.07, 6.45) is 11.6. The van der Waals surface area contributed by atoms with Crippen molar-refractivity contribution in [2.45, 2.75) is 167 Å². The van der Waals surface area contributed by atoms with Gasteiger partial charge in [0, 0.05) is 108 Å². The molecule has 90 heavy (non-hydrogen) atoms. The molecule has 14 nitrogen and oxygen atoms in total. The summed E-state index contributed by atoms with van der Waals surface area (Å²) in [5, 5.41) is 18.7. The van der Waals surface area contributed by atoms with E-state index < -0.39 is 0 Å². The predicted octanol–water partition coefficient (Wildman–Crippen LogP) is 18.2. The Morgan fingerprint density at radius 2 is 0.722 bits per heavy atom. The van der Waals surface area contributed by atoms with E-state index in [0.29, 0.717) is 73.0 Å². The summed E-state index contributed by atoms with van der Waals surface area (Å²) in [5.41, 5.74) is 11.1. The van der Waals surface area contributed by atoms with Crippen LogP contribution in [0.2, 0.25) is 0 Å². The molecule has 0 unspecified atom stereocenters. The van der Waals surface area contributed by atoms with Crippen molar-refractivity contribution >= 4 is 102 Å². The third-order valence-corrected chi connectivity index (χ3v) is 13.9. The average molecular weight is 1220 g/mol. The molecule has 0 radical (unpaired) electrons. The number of amides is 2. The van der Waals surface area contributed by atoms with Gasteiger partial charge in [0.25, 0.3) is 11.8 Å². The Morgan fingerprint density at radius 1 is 0.411 bits per heavy atom. The average Bonchev–Trinajstić information content (AvgIpc) is 0.818. The van der Waals surface area contributed by atoms with Crippen LogP contribution in [0.3, 0.4) is 0 Å². The molecular weight excluding hydrogens is 1120 g/mol. The zero-order valence-corrected chi connectivity index (χ0v) is 51.7.